The number of rotatable bonds is 3. The Morgan fingerprint density at radius 2 is 1.97 bits per heavy atom. The first-order valence-corrected chi connectivity index (χ1v) is 9.39. The van der Waals surface area contributed by atoms with E-state index in [-0.39, 0.29) is 5.91 Å². The molecule has 7 heteroatoms. The molecule has 1 atom stereocenters. The number of benzene rings is 2. The van der Waals surface area contributed by atoms with Crippen LogP contribution in [0.25, 0.3) is 0 Å². The van der Waals surface area contributed by atoms with E-state index in [0.29, 0.717) is 17.7 Å². The highest BCUT2D eigenvalue weighted by Crippen LogP contribution is 2.36. The van der Waals surface area contributed by atoms with Gasteiger partial charge in [0, 0.05) is 18.2 Å². The summed E-state index contributed by atoms with van der Waals surface area (Å²) < 4.78 is 1.76. The van der Waals surface area contributed by atoms with Crippen LogP contribution in [-0.4, -0.2) is 26.8 Å². The maximum Gasteiger partial charge on any atom is 0.310 e. The van der Waals surface area contributed by atoms with E-state index in [2.05, 4.69) is 10.4 Å². The third-order valence-electron chi connectivity index (χ3n) is 5.39. The molecule has 0 saturated carbocycles. The third-order valence-corrected chi connectivity index (χ3v) is 5.39. The van der Waals surface area contributed by atoms with Crippen molar-refractivity contribution in [2.45, 2.75) is 26.3 Å². The number of carbonyl (C=O) groups excluding carboxylic acids is 1. The lowest BCUT2D eigenvalue weighted by Crippen LogP contribution is -2.30. The van der Waals surface area contributed by atoms with Gasteiger partial charge in [0.25, 0.3) is 5.91 Å². The van der Waals surface area contributed by atoms with Crippen LogP contribution >= 0.6 is 0 Å². The van der Waals surface area contributed by atoms with Gasteiger partial charge in [0.2, 0.25) is 0 Å². The molecule has 1 amide bonds. The van der Waals surface area contributed by atoms with Gasteiger partial charge in [-0.05, 0) is 49.2 Å². The summed E-state index contributed by atoms with van der Waals surface area (Å²) in [6, 6.07) is 12.9. The fourth-order valence-corrected chi connectivity index (χ4v) is 3.72. The minimum atomic E-state index is -0.885. The Hall–Kier alpha value is -3.61. The van der Waals surface area contributed by atoms with Gasteiger partial charge in [0.1, 0.15) is 5.82 Å². The van der Waals surface area contributed by atoms with Gasteiger partial charge < -0.3 is 15.3 Å². The number of aliphatic carboxylic acids is 1. The molecular formula is C22H22N4O3. The van der Waals surface area contributed by atoms with Crippen LogP contribution in [0.4, 0.5) is 17.2 Å². The molecule has 7 nitrogen and oxygen atoms in total. The molecule has 2 heterocycles. The summed E-state index contributed by atoms with van der Waals surface area (Å²) in [4.78, 5) is 26.5. The van der Waals surface area contributed by atoms with Crippen molar-refractivity contribution in [3.8, 4) is 0 Å². The predicted octanol–water partition coefficient (Wildman–Crippen LogP) is 3.82. The minimum Gasteiger partial charge on any atom is -0.481 e. The highest BCUT2D eigenvalue weighted by Gasteiger charge is 2.27. The highest BCUT2D eigenvalue weighted by atomic mass is 16.4. The lowest BCUT2D eigenvalue weighted by Gasteiger charge is -2.23. The lowest BCUT2D eigenvalue weighted by atomic mass is 9.94. The number of aromatic nitrogens is 2. The van der Waals surface area contributed by atoms with Crippen LogP contribution in [0.1, 0.15) is 39.9 Å². The van der Waals surface area contributed by atoms with E-state index in [1.54, 1.807) is 40.9 Å². The Kier molecular flexibility index (Phi) is 4.58. The second-order valence-electron chi connectivity index (χ2n) is 7.31. The number of carboxylic acid groups (broad SMARTS) is 1. The summed E-state index contributed by atoms with van der Waals surface area (Å²) >= 11 is 0. The fourth-order valence-electron chi connectivity index (χ4n) is 3.72. The van der Waals surface area contributed by atoms with Gasteiger partial charge in [-0.3, -0.25) is 14.3 Å². The zero-order valence-electron chi connectivity index (χ0n) is 16.5. The minimum absolute atomic E-state index is 0.145. The molecular weight excluding hydrogens is 368 g/mol. The molecule has 1 aliphatic rings. The van der Waals surface area contributed by atoms with Crippen molar-refractivity contribution in [3.63, 3.8) is 0 Å². The van der Waals surface area contributed by atoms with Crippen LogP contribution in [0.15, 0.2) is 48.7 Å². The summed E-state index contributed by atoms with van der Waals surface area (Å²) in [5, 5.41) is 17.0. The van der Waals surface area contributed by atoms with Gasteiger partial charge in [-0.25, -0.2) is 0 Å². The first-order chi connectivity index (χ1) is 13.9. The molecule has 1 unspecified atom stereocenters. The first-order valence-electron chi connectivity index (χ1n) is 9.39. The van der Waals surface area contributed by atoms with Gasteiger partial charge in [-0.15, -0.1) is 0 Å². The first kappa shape index (κ1) is 18.7. The molecule has 0 spiro atoms. The van der Waals surface area contributed by atoms with Crippen molar-refractivity contribution in [2.24, 2.45) is 7.05 Å². The van der Waals surface area contributed by atoms with Gasteiger partial charge in [0.05, 0.1) is 30.0 Å². The standard InChI is InChI=1S/C22H22N4O3/c1-13-10-15(8-9-17(13)14(2)22(28)29)21(27)26-12-16-11-23-25(3)20(16)24-18-6-4-5-7-19(18)26/h4-11,14,24H,12H2,1-3H3,(H,28,29). The van der Waals surface area contributed by atoms with Crippen molar-refractivity contribution in [1.82, 2.24) is 9.78 Å². The second-order valence-corrected chi connectivity index (χ2v) is 7.31. The van der Waals surface area contributed by atoms with Gasteiger partial charge in [0.15, 0.2) is 0 Å². The molecule has 0 saturated heterocycles. The van der Waals surface area contributed by atoms with Crippen molar-refractivity contribution in [2.75, 3.05) is 10.2 Å². The molecule has 29 heavy (non-hydrogen) atoms. The Morgan fingerprint density at radius 3 is 2.69 bits per heavy atom. The Morgan fingerprint density at radius 1 is 1.21 bits per heavy atom. The number of para-hydroxylation sites is 2. The van der Waals surface area contributed by atoms with Crippen LogP contribution in [0.5, 0.6) is 0 Å². The molecule has 0 radical (unpaired) electrons. The zero-order valence-corrected chi connectivity index (χ0v) is 16.5. The molecule has 1 aliphatic heterocycles. The van der Waals surface area contributed by atoms with Gasteiger partial charge in [-0.1, -0.05) is 18.2 Å². The largest absolute Gasteiger partial charge is 0.481 e. The summed E-state index contributed by atoms with van der Waals surface area (Å²) in [5.74, 6) is -0.799. The number of nitrogens with zero attached hydrogens (tertiary/aromatic N) is 3. The number of anilines is 3. The number of aryl methyl sites for hydroxylation is 2. The molecule has 0 bridgehead atoms. The fraction of sp³-hybridized carbons (Fsp3) is 0.227. The van der Waals surface area contributed by atoms with E-state index >= 15 is 0 Å². The molecule has 148 valence electrons. The van der Waals surface area contributed by atoms with E-state index in [0.717, 1.165) is 28.3 Å². The SMILES string of the molecule is Cc1cc(C(=O)N2Cc3cnn(C)c3Nc3ccccc32)ccc1C(C)C(=O)O. The summed E-state index contributed by atoms with van der Waals surface area (Å²) in [5.41, 5.74) is 4.55. The Bertz CT molecular complexity index is 1120. The number of fused-ring (bicyclic) bond motifs is 2. The summed E-state index contributed by atoms with van der Waals surface area (Å²) in [6.45, 7) is 3.87. The van der Waals surface area contributed by atoms with Crippen molar-refractivity contribution < 1.29 is 14.7 Å². The van der Waals surface area contributed by atoms with Gasteiger partial charge >= 0.3 is 5.97 Å². The topological polar surface area (TPSA) is 87.5 Å². The van der Waals surface area contributed by atoms with Crippen LogP contribution in [-0.2, 0) is 18.4 Å². The number of amides is 1. The smallest absolute Gasteiger partial charge is 0.310 e. The van der Waals surface area contributed by atoms with Crippen LogP contribution in [0.3, 0.4) is 0 Å². The number of carboxylic acids is 1. The van der Waals surface area contributed by atoms with E-state index in [1.807, 2.05) is 38.2 Å². The molecule has 4 rings (SSSR count). The molecule has 2 N–H and O–H groups in total. The van der Waals surface area contributed by atoms with E-state index in [4.69, 9.17) is 0 Å². The Balaban J connectivity index is 1.75. The summed E-state index contributed by atoms with van der Waals surface area (Å²) in [7, 11) is 1.86. The molecule has 2 aromatic carbocycles. The van der Waals surface area contributed by atoms with Crippen molar-refractivity contribution >= 4 is 29.1 Å². The van der Waals surface area contributed by atoms with E-state index in [9.17, 15) is 14.7 Å². The normalized spacial score (nSPS) is 13.7. The number of hydrogen-bond donors (Lipinski definition) is 2. The van der Waals surface area contributed by atoms with E-state index < -0.39 is 11.9 Å². The maximum absolute atomic E-state index is 13.5. The van der Waals surface area contributed by atoms with Crippen molar-refractivity contribution in [1.29, 1.82) is 0 Å². The molecule has 1 aromatic heterocycles. The van der Waals surface area contributed by atoms with E-state index in [1.165, 1.54) is 0 Å². The van der Waals surface area contributed by atoms with Crippen LogP contribution in [0, 0.1) is 6.92 Å². The average molecular weight is 390 g/mol. The predicted molar refractivity (Wildman–Crippen MR) is 111 cm³/mol. The monoisotopic (exact) mass is 390 g/mol. The third kappa shape index (κ3) is 3.24. The highest BCUT2D eigenvalue weighted by molar-refractivity contribution is 6.08. The maximum atomic E-state index is 13.5. The number of nitrogens with one attached hydrogen (secondary N) is 1. The molecule has 0 aliphatic carbocycles. The average Bonchev–Trinajstić information content (AvgIpc) is 2.95. The van der Waals surface area contributed by atoms with Gasteiger partial charge in [-0.2, -0.15) is 5.10 Å². The zero-order chi connectivity index (χ0) is 20.7. The molecule has 3 aromatic rings. The number of hydrogen-bond acceptors (Lipinski definition) is 4. The second kappa shape index (κ2) is 7.09. The Labute approximate surface area is 168 Å². The quantitative estimate of drug-likeness (QED) is 0.710. The number of carbonyl (C=O) groups is 2. The lowest BCUT2D eigenvalue weighted by molar-refractivity contribution is -0.138. The molecule has 0 fully saturated rings. The van der Waals surface area contributed by atoms with Crippen LogP contribution < -0.4 is 10.2 Å². The van der Waals surface area contributed by atoms with Crippen LogP contribution in [0.2, 0.25) is 0 Å². The summed E-state index contributed by atoms with van der Waals surface area (Å²) in [6.07, 6.45) is 1.76. The van der Waals surface area contributed by atoms with Crippen molar-refractivity contribution in [3.05, 3.63) is 70.9 Å².